The summed E-state index contributed by atoms with van der Waals surface area (Å²) < 4.78 is 7.07. The van der Waals surface area contributed by atoms with E-state index in [4.69, 9.17) is 16.3 Å². The molecular formula is C15H17ClN4O3. The Morgan fingerprint density at radius 2 is 2.17 bits per heavy atom. The van der Waals surface area contributed by atoms with Crippen molar-refractivity contribution in [3.05, 3.63) is 70.0 Å². The van der Waals surface area contributed by atoms with E-state index < -0.39 is 4.92 Å². The number of allylic oxidation sites excluding steroid dienone is 4. The smallest absolute Gasteiger partial charge is 0.268 e. The van der Waals surface area contributed by atoms with E-state index in [0.717, 1.165) is 6.08 Å². The summed E-state index contributed by atoms with van der Waals surface area (Å²) in [4.78, 5) is 14.1. The molecule has 0 aliphatic rings. The van der Waals surface area contributed by atoms with Gasteiger partial charge in [0.05, 0.1) is 9.95 Å². The van der Waals surface area contributed by atoms with Gasteiger partial charge in [0.2, 0.25) is 5.88 Å². The summed E-state index contributed by atoms with van der Waals surface area (Å²) in [6.45, 7) is 9.01. The lowest BCUT2D eigenvalue weighted by Crippen LogP contribution is -1.99. The van der Waals surface area contributed by atoms with Gasteiger partial charge in [0.1, 0.15) is 17.6 Å². The maximum absolute atomic E-state index is 10.6. The standard InChI is InChI=1S/C13H11ClN4O3.C2H6/c1-3-10(18(19)20)5-4-9(2)21-13-12-11(14)6-7-17(12)16-8-15-13;1-2/h3-8H,1H2,2H3;1-2H3/b9-4+,10-5+;. The van der Waals surface area contributed by atoms with Crippen LogP contribution in [0.3, 0.4) is 0 Å². The second-order valence-corrected chi connectivity index (χ2v) is 4.36. The van der Waals surface area contributed by atoms with E-state index in [0.29, 0.717) is 16.3 Å². The molecule has 0 amide bonds. The fourth-order valence-electron chi connectivity index (χ4n) is 1.56. The summed E-state index contributed by atoms with van der Waals surface area (Å²) in [5.74, 6) is 0.678. The molecular weight excluding hydrogens is 320 g/mol. The lowest BCUT2D eigenvalue weighted by molar-refractivity contribution is -0.418. The van der Waals surface area contributed by atoms with Crippen LogP contribution < -0.4 is 4.74 Å². The average Bonchev–Trinajstić information content (AvgIpc) is 2.92. The monoisotopic (exact) mass is 336 g/mol. The van der Waals surface area contributed by atoms with Crippen LogP contribution in [0.2, 0.25) is 5.02 Å². The molecule has 8 heteroatoms. The van der Waals surface area contributed by atoms with Crippen LogP contribution in [-0.2, 0) is 0 Å². The molecule has 0 atom stereocenters. The normalized spacial score (nSPS) is 11.7. The summed E-state index contributed by atoms with van der Waals surface area (Å²) >= 11 is 6.04. The second kappa shape index (κ2) is 8.70. The van der Waals surface area contributed by atoms with Crippen LogP contribution in [0.15, 0.2) is 54.9 Å². The van der Waals surface area contributed by atoms with Crippen molar-refractivity contribution in [2.45, 2.75) is 20.8 Å². The van der Waals surface area contributed by atoms with Crippen molar-refractivity contribution >= 4 is 17.1 Å². The number of nitro groups is 1. The van der Waals surface area contributed by atoms with Crippen molar-refractivity contribution in [3.8, 4) is 5.88 Å². The first-order chi connectivity index (χ1) is 11.0. The Labute approximate surface area is 138 Å². The predicted octanol–water partition coefficient (Wildman–Crippen LogP) is 4.04. The third-order valence-corrected chi connectivity index (χ3v) is 2.84. The minimum Gasteiger partial charge on any atom is -0.442 e. The molecule has 2 aromatic heterocycles. The number of aromatic nitrogens is 3. The Kier molecular flexibility index (Phi) is 6.95. The SMILES string of the molecule is C=C/C(=C\C=C(/C)Oc1ncnn2ccc(Cl)c12)[N+](=O)[O-].CC. The molecule has 7 nitrogen and oxygen atoms in total. The van der Waals surface area contributed by atoms with Crippen LogP contribution in [0, 0.1) is 10.1 Å². The van der Waals surface area contributed by atoms with Crippen LogP contribution in [0.5, 0.6) is 5.88 Å². The Hall–Kier alpha value is -2.67. The number of hydrogen-bond donors (Lipinski definition) is 0. The highest BCUT2D eigenvalue weighted by Gasteiger charge is 2.10. The van der Waals surface area contributed by atoms with Crippen LogP contribution in [0.1, 0.15) is 20.8 Å². The lowest BCUT2D eigenvalue weighted by atomic mass is 10.3. The van der Waals surface area contributed by atoms with Gasteiger partial charge in [0.25, 0.3) is 5.70 Å². The largest absolute Gasteiger partial charge is 0.442 e. The number of halogens is 1. The highest BCUT2D eigenvalue weighted by Crippen LogP contribution is 2.26. The average molecular weight is 337 g/mol. The van der Waals surface area contributed by atoms with Crippen molar-refractivity contribution in [1.29, 1.82) is 0 Å². The van der Waals surface area contributed by atoms with E-state index >= 15 is 0 Å². The van der Waals surface area contributed by atoms with E-state index in [2.05, 4.69) is 16.7 Å². The number of nitrogens with zero attached hydrogens (tertiary/aromatic N) is 4. The molecule has 0 aromatic carbocycles. The molecule has 0 saturated carbocycles. The maximum atomic E-state index is 10.6. The van der Waals surface area contributed by atoms with E-state index in [1.807, 2.05) is 13.8 Å². The van der Waals surface area contributed by atoms with Gasteiger partial charge in [-0.1, -0.05) is 32.0 Å². The van der Waals surface area contributed by atoms with Gasteiger partial charge in [-0.3, -0.25) is 10.1 Å². The number of rotatable bonds is 5. The van der Waals surface area contributed by atoms with Gasteiger partial charge in [-0.15, -0.1) is 0 Å². The molecule has 0 aliphatic heterocycles. The second-order valence-electron chi connectivity index (χ2n) is 3.95. The number of ether oxygens (including phenoxy) is 1. The van der Waals surface area contributed by atoms with Gasteiger partial charge in [0.15, 0.2) is 0 Å². The molecule has 23 heavy (non-hydrogen) atoms. The molecule has 0 unspecified atom stereocenters. The quantitative estimate of drug-likeness (QED) is 0.356. The Bertz CT molecular complexity index is 765. The minimum atomic E-state index is -0.538. The molecule has 0 fully saturated rings. The van der Waals surface area contributed by atoms with E-state index in [9.17, 15) is 10.1 Å². The first-order valence-electron chi connectivity index (χ1n) is 6.84. The summed E-state index contributed by atoms with van der Waals surface area (Å²) in [7, 11) is 0. The molecule has 0 bridgehead atoms. The molecule has 0 aliphatic carbocycles. The van der Waals surface area contributed by atoms with Crippen LogP contribution in [0.25, 0.3) is 5.52 Å². The first-order valence-corrected chi connectivity index (χ1v) is 7.22. The summed E-state index contributed by atoms with van der Waals surface area (Å²) in [5, 5.41) is 15.1. The van der Waals surface area contributed by atoms with Crippen molar-refractivity contribution in [1.82, 2.24) is 14.6 Å². The maximum Gasteiger partial charge on any atom is 0.268 e. The van der Waals surface area contributed by atoms with Crippen molar-refractivity contribution in [2.75, 3.05) is 0 Å². The van der Waals surface area contributed by atoms with Crippen LogP contribution >= 0.6 is 11.6 Å². The Morgan fingerprint density at radius 3 is 2.78 bits per heavy atom. The van der Waals surface area contributed by atoms with Crippen LogP contribution in [-0.4, -0.2) is 19.5 Å². The predicted molar refractivity (Wildman–Crippen MR) is 89.0 cm³/mol. The summed E-state index contributed by atoms with van der Waals surface area (Å²) in [6, 6.07) is 1.67. The highest BCUT2D eigenvalue weighted by molar-refractivity contribution is 6.34. The topological polar surface area (TPSA) is 82.6 Å². The van der Waals surface area contributed by atoms with E-state index in [-0.39, 0.29) is 11.6 Å². The summed E-state index contributed by atoms with van der Waals surface area (Å²) in [5.41, 5.74) is 0.389. The molecule has 2 aromatic rings. The Morgan fingerprint density at radius 1 is 1.48 bits per heavy atom. The molecule has 0 N–H and O–H groups in total. The zero-order valence-electron chi connectivity index (χ0n) is 13.1. The molecule has 122 valence electrons. The van der Waals surface area contributed by atoms with E-state index in [1.54, 1.807) is 19.2 Å². The van der Waals surface area contributed by atoms with Gasteiger partial charge >= 0.3 is 0 Å². The van der Waals surface area contributed by atoms with E-state index in [1.165, 1.54) is 23.0 Å². The molecule has 0 radical (unpaired) electrons. The third-order valence-electron chi connectivity index (χ3n) is 2.54. The minimum absolute atomic E-state index is 0.133. The number of fused-ring (bicyclic) bond motifs is 1. The third kappa shape index (κ3) is 4.65. The molecule has 2 rings (SSSR count). The zero-order valence-corrected chi connectivity index (χ0v) is 13.8. The zero-order chi connectivity index (χ0) is 17.4. The first kappa shape index (κ1) is 18.4. The fraction of sp³-hybridized carbons (Fsp3) is 0.200. The highest BCUT2D eigenvalue weighted by atomic mass is 35.5. The molecule has 0 saturated heterocycles. The van der Waals surface area contributed by atoms with Gasteiger partial charge in [-0.25, -0.2) is 4.52 Å². The van der Waals surface area contributed by atoms with Crippen LogP contribution in [0.4, 0.5) is 0 Å². The molecule has 0 spiro atoms. The van der Waals surface area contributed by atoms with Gasteiger partial charge in [-0.2, -0.15) is 10.1 Å². The summed E-state index contributed by atoms with van der Waals surface area (Å²) in [6.07, 6.45) is 6.90. The van der Waals surface area contributed by atoms with Gasteiger partial charge in [-0.05, 0) is 19.1 Å². The fourth-order valence-corrected chi connectivity index (χ4v) is 1.78. The van der Waals surface area contributed by atoms with Crippen molar-refractivity contribution in [2.24, 2.45) is 0 Å². The Balaban J connectivity index is 0.00000127. The van der Waals surface area contributed by atoms with Gasteiger partial charge < -0.3 is 4.74 Å². The lowest BCUT2D eigenvalue weighted by Gasteiger charge is -2.05. The van der Waals surface area contributed by atoms with Crippen molar-refractivity contribution < 1.29 is 9.66 Å². The van der Waals surface area contributed by atoms with Gasteiger partial charge in [0, 0.05) is 18.3 Å². The molecule has 2 heterocycles. The van der Waals surface area contributed by atoms with Crippen molar-refractivity contribution in [3.63, 3.8) is 0 Å². The number of hydrogen-bond acceptors (Lipinski definition) is 5.